The minimum Gasteiger partial charge on any atom is -0.436 e. The van der Waals surface area contributed by atoms with Gasteiger partial charge in [0.15, 0.2) is 5.89 Å². The predicted octanol–water partition coefficient (Wildman–Crippen LogP) is 2.65. The van der Waals surface area contributed by atoms with Gasteiger partial charge in [-0.3, -0.25) is 0 Å². The Balaban J connectivity index is 2.77. The Morgan fingerprint density at radius 1 is 1.50 bits per heavy atom. The van der Waals surface area contributed by atoms with Gasteiger partial charge >= 0.3 is 6.18 Å². The molecule has 0 aromatic carbocycles. The van der Waals surface area contributed by atoms with Crippen molar-refractivity contribution >= 4 is 0 Å². The molecule has 0 bridgehead atoms. The molecule has 0 fully saturated rings. The number of hydrogen-bond acceptors (Lipinski definition) is 2. The van der Waals surface area contributed by atoms with Crippen molar-refractivity contribution in [3.63, 3.8) is 0 Å². The maximum Gasteiger partial charge on any atom is 0.451 e. The lowest BCUT2D eigenvalue weighted by molar-refractivity contribution is -0.153. The number of alkyl halides is 3. The van der Waals surface area contributed by atoms with Gasteiger partial charge in [-0.15, -0.1) is 0 Å². The summed E-state index contributed by atoms with van der Waals surface area (Å²) in [6, 6.07) is 0. The zero-order valence-electron chi connectivity index (χ0n) is 6.48. The molecule has 0 unspecified atom stereocenters. The third kappa shape index (κ3) is 1.99. The number of nitrogens with zero attached hydrogens (tertiary/aromatic N) is 1. The summed E-state index contributed by atoms with van der Waals surface area (Å²) < 4.78 is 40.2. The van der Waals surface area contributed by atoms with Crippen molar-refractivity contribution in [3.8, 4) is 0 Å². The zero-order valence-corrected chi connectivity index (χ0v) is 6.48. The van der Waals surface area contributed by atoms with E-state index in [1.165, 1.54) is 0 Å². The van der Waals surface area contributed by atoms with E-state index in [-0.39, 0.29) is 5.89 Å². The van der Waals surface area contributed by atoms with Gasteiger partial charge in [0, 0.05) is 6.42 Å². The third-order valence-electron chi connectivity index (χ3n) is 1.30. The summed E-state index contributed by atoms with van der Waals surface area (Å²) in [7, 11) is 0. The van der Waals surface area contributed by atoms with Crippen LogP contribution in [0.25, 0.3) is 0 Å². The minimum absolute atomic E-state index is 0.143. The molecule has 12 heavy (non-hydrogen) atoms. The molecule has 0 radical (unpaired) electrons. The quantitative estimate of drug-likeness (QED) is 0.697. The van der Waals surface area contributed by atoms with Crippen molar-refractivity contribution < 1.29 is 17.6 Å². The van der Waals surface area contributed by atoms with E-state index in [0.717, 1.165) is 6.42 Å². The Kier molecular flexibility index (Phi) is 2.40. The van der Waals surface area contributed by atoms with Gasteiger partial charge in [-0.05, 0) is 6.42 Å². The number of oxazole rings is 1. The molecule has 0 saturated heterocycles. The Labute approximate surface area is 67.4 Å². The Morgan fingerprint density at radius 2 is 2.17 bits per heavy atom. The van der Waals surface area contributed by atoms with Gasteiger partial charge in [-0.25, -0.2) is 4.98 Å². The van der Waals surface area contributed by atoms with E-state index in [2.05, 4.69) is 9.40 Å². The largest absolute Gasteiger partial charge is 0.451 e. The fourth-order valence-corrected chi connectivity index (χ4v) is 0.771. The van der Waals surface area contributed by atoms with Crippen LogP contribution in [0.15, 0.2) is 10.6 Å². The topological polar surface area (TPSA) is 26.0 Å². The van der Waals surface area contributed by atoms with E-state index in [0.29, 0.717) is 12.6 Å². The second-order valence-electron chi connectivity index (χ2n) is 2.37. The summed E-state index contributed by atoms with van der Waals surface area (Å²) in [6.07, 6.45) is -2.54. The summed E-state index contributed by atoms with van der Waals surface area (Å²) in [4.78, 5) is 3.49. The lowest BCUT2D eigenvalue weighted by atomic mass is 10.3. The number of aromatic nitrogens is 1. The first-order valence-electron chi connectivity index (χ1n) is 3.56. The smallest absolute Gasteiger partial charge is 0.436 e. The van der Waals surface area contributed by atoms with Gasteiger partial charge in [0.05, 0.1) is 6.20 Å². The van der Waals surface area contributed by atoms with Gasteiger partial charge in [0.1, 0.15) is 0 Å². The number of halogens is 3. The van der Waals surface area contributed by atoms with Crippen molar-refractivity contribution in [1.29, 1.82) is 0 Å². The molecule has 0 aliphatic heterocycles. The fourth-order valence-electron chi connectivity index (χ4n) is 0.771. The molecule has 68 valence electrons. The number of hydrogen-bond donors (Lipinski definition) is 0. The molecule has 0 aliphatic carbocycles. The molecule has 1 aromatic heterocycles. The van der Waals surface area contributed by atoms with Crippen molar-refractivity contribution in [2.24, 2.45) is 0 Å². The second kappa shape index (κ2) is 3.16. The van der Waals surface area contributed by atoms with Crippen LogP contribution < -0.4 is 0 Å². The lowest BCUT2D eigenvalue weighted by Crippen LogP contribution is -2.02. The molecule has 0 atom stereocenters. The van der Waals surface area contributed by atoms with Gasteiger partial charge < -0.3 is 4.42 Å². The van der Waals surface area contributed by atoms with Crippen LogP contribution in [0.4, 0.5) is 13.2 Å². The maximum atomic E-state index is 11.9. The van der Waals surface area contributed by atoms with Crippen LogP contribution in [-0.2, 0) is 12.6 Å². The standard InChI is InChI=1S/C7H8F3NO/c1-2-3-6-11-4-5(12-6)7(8,9)10/h4H,2-3H2,1H3. The SMILES string of the molecule is CCCc1ncc(C(F)(F)F)o1. The second-order valence-corrected chi connectivity index (χ2v) is 2.37. The monoisotopic (exact) mass is 179 g/mol. The molecule has 0 N–H and O–H groups in total. The van der Waals surface area contributed by atoms with E-state index in [1.807, 2.05) is 6.92 Å². The van der Waals surface area contributed by atoms with Crippen LogP contribution in [0.1, 0.15) is 25.0 Å². The van der Waals surface area contributed by atoms with Gasteiger partial charge in [-0.1, -0.05) is 6.92 Å². The molecular weight excluding hydrogens is 171 g/mol. The predicted molar refractivity (Wildman–Crippen MR) is 35.5 cm³/mol. The molecular formula is C7H8F3NO. The highest BCUT2D eigenvalue weighted by Gasteiger charge is 2.35. The van der Waals surface area contributed by atoms with E-state index in [4.69, 9.17) is 0 Å². The van der Waals surface area contributed by atoms with Gasteiger partial charge in [-0.2, -0.15) is 13.2 Å². The Bertz CT molecular complexity index is 253. The van der Waals surface area contributed by atoms with E-state index in [9.17, 15) is 13.2 Å². The normalized spacial score (nSPS) is 12.0. The highest BCUT2D eigenvalue weighted by molar-refractivity contribution is 4.98. The molecule has 1 aromatic rings. The van der Waals surface area contributed by atoms with Crippen molar-refractivity contribution in [2.45, 2.75) is 25.9 Å². The highest BCUT2D eigenvalue weighted by Crippen LogP contribution is 2.29. The first kappa shape index (κ1) is 9.09. The summed E-state index contributed by atoms with van der Waals surface area (Å²) >= 11 is 0. The molecule has 2 nitrogen and oxygen atoms in total. The molecule has 5 heteroatoms. The first-order valence-corrected chi connectivity index (χ1v) is 3.56. The van der Waals surface area contributed by atoms with Gasteiger partial charge in [0.2, 0.25) is 5.76 Å². The van der Waals surface area contributed by atoms with Crippen molar-refractivity contribution in [1.82, 2.24) is 4.98 Å². The van der Waals surface area contributed by atoms with Crippen LogP contribution in [0.3, 0.4) is 0 Å². The third-order valence-corrected chi connectivity index (χ3v) is 1.30. The van der Waals surface area contributed by atoms with Gasteiger partial charge in [0.25, 0.3) is 0 Å². The van der Waals surface area contributed by atoms with Crippen LogP contribution >= 0.6 is 0 Å². The molecule has 0 saturated carbocycles. The molecule has 0 aliphatic rings. The number of aryl methyl sites for hydroxylation is 1. The van der Waals surface area contributed by atoms with E-state index >= 15 is 0 Å². The minimum atomic E-state index is -4.42. The summed E-state index contributed by atoms with van der Waals surface area (Å²) in [5, 5.41) is 0. The highest BCUT2D eigenvalue weighted by atomic mass is 19.4. The van der Waals surface area contributed by atoms with E-state index < -0.39 is 11.9 Å². The average Bonchev–Trinajstić information content (AvgIpc) is 2.35. The molecule has 0 spiro atoms. The number of rotatable bonds is 2. The summed E-state index contributed by atoms with van der Waals surface area (Å²) in [6.45, 7) is 1.84. The molecule has 1 rings (SSSR count). The fraction of sp³-hybridized carbons (Fsp3) is 0.571. The summed E-state index contributed by atoms with van der Waals surface area (Å²) in [5.74, 6) is -0.879. The Hall–Kier alpha value is -1.00. The maximum absolute atomic E-state index is 11.9. The van der Waals surface area contributed by atoms with Crippen LogP contribution in [0.2, 0.25) is 0 Å². The molecule has 0 amide bonds. The van der Waals surface area contributed by atoms with Crippen molar-refractivity contribution in [2.75, 3.05) is 0 Å². The van der Waals surface area contributed by atoms with Crippen molar-refractivity contribution in [3.05, 3.63) is 17.8 Å². The lowest BCUT2D eigenvalue weighted by Gasteiger charge is -1.98. The van der Waals surface area contributed by atoms with E-state index in [1.54, 1.807) is 0 Å². The molecule has 1 heterocycles. The first-order chi connectivity index (χ1) is 5.54. The van der Waals surface area contributed by atoms with Crippen LogP contribution in [0.5, 0.6) is 0 Å². The van der Waals surface area contributed by atoms with Crippen LogP contribution in [-0.4, -0.2) is 4.98 Å². The Morgan fingerprint density at radius 3 is 2.58 bits per heavy atom. The average molecular weight is 179 g/mol. The summed E-state index contributed by atoms with van der Waals surface area (Å²) in [5.41, 5.74) is 0. The zero-order chi connectivity index (χ0) is 9.19. The van der Waals surface area contributed by atoms with Crippen LogP contribution in [0, 0.1) is 0 Å².